The van der Waals surface area contributed by atoms with Gasteiger partial charge in [0.2, 0.25) is 0 Å². The lowest BCUT2D eigenvalue weighted by molar-refractivity contribution is 0.165. The number of aliphatic hydroxyl groups excluding tert-OH is 2. The maximum Gasteiger partial charge on any atom is 0.0915 e. The molecule has 2 aromatic carbocycles. The molecule has 2 atom stereocenters. The van der Waals surface area contributed by atoms with Crippen molar-refractivity contribution in [2.24, 2.45) is 0 Å². The van der Waals surface area contributed by atoms with Crippen LogP contribution in [-0.2, 0) is 0 Å². The van der Waals surface area contributed by atoms with E-state index in [-0.39, 0.29) is 12.6 Å². The highest BCUT2D eigenvalue weighted by atomic mass is 35.5. The number of rotatable bonds is 7. The summed E-state index contributed by atoms with van der Waals surface area (Å²) in [7, 11) is 0. The van der Waals surface area contributed by atoms with Crippen LogP contribution in [0.3, 0.4) is 0 Å². The van der Waals surface area contributed by atoms with Crippen LogP contribution in [0.5, 0.6) is 0 Å². The van der Waals surface area contributed by atoms with Crippen LogP contribution >= 0.6 is 11.6 Å². The van der Waals surface area contributed by atoms with Crippen molar-refractivity contribution in [2.45, 2.75) is 18.6 Å². The zero-order valence-electron chi connectivity index (χ0n) is 11.7. The topological polar surface area (TPSA) is 52.5 Å². The van der Waals surface area contributed by atoms with Crippen molar-refractivity contribution in [2.75, 3.05) is 13.2 Å². The quantitative estimate of drug-likeness (QED) is 0.737. The van der Waals surface area contributed by atoms with Gasteiger partial charge in [-0.15, -0.1) is 0 Å². The molecule has 0 aromatic heterocycles. The molecular formula is C17H20ClNO2. The standard InChI is InChI=1S/C17H20ClNO2/c18-15-8-4-7-14(11-15)17(21)12-19-16(9-10-20)13-5-2-1-3-6-13/h1-8,11,16-17,19-21H,9-10,12H2. The Morgan fingerprint density at radius 3 is 2.38 bits per heavy atom. The molecule has 112 valence electrons. The Morgan fingerprint density at radius 2 is 1.71 bits per heavy atom. The van der Waals surface area contributed by atoms with Gasteiger partial charge in [-0.1, -0.05) is 54.1 Å². The van der Waals surface area contributed by atoms with Crippen molar-refractivity contribution >= 4 is 11.6 Å². The number of benzene rings is 2. The third-order valence-corrected chi connectivity index (χ3v) is 3.65. The molecule has 3 nitrogen and oxygen atoms in total. The third-order valence-electron chi connectivity index (χ3n) is 3.41. The molecule has 0 fully saturated rings. The smallest absolute Gasteiger partial charge is 0.0915 e. The third kappa shape index (κ3) is 4.83. The lowest BCUT2D eigenvalue weighted by Gasteiger charge is -2.21. The van der Waals surface area contributed by atoms with Crippen LogP contribution in [0.15, 0.2) is 54.6 Å². The molecule has 4 heteroatoms. The number of hydrogen-bond acceptors (Lipinski definition) is 3. The average molecular weight is 306 g/mol. The maximum absolute atomic E-state index is 10.2. The highest BCUT2D eigenvalue weighted by Crippen LogP contribution is 2.20. The predicted octanol–water partition coefficient (Wildman–Crippen LogP) is 3.09. The Morgan fingerprint density at radius 1 is 1.00 bits per heavy atom. The molecule has 2 unspecified atom stereocenters. The fourth-order valence-corrected chi connectivity index (χ4v) is 2.49. The molecule has 0 aliphatic carbocycles. The van der Waals surface area contributed by atoms with E-state index in [0.717, 1.165) is 11.1 Å². The molecule has 0 bridgehead atoms. The van der Waals surface area contributed by atoms with Gasteiger partial charge in [0.1, 0.15) is 0 Å². The lowest BCUT2D eigenvalue weighted by atomic mass is 10.0. The Hall–Kier alpha value is -1.39. The first-order valence-corrected chi connectivity index (χ1v) is 7.41. The van der Waals surface area contributed by atoms with Crippen LogP contribution < -0.4 is 5.32 Å². The number of aliphatic hydroxyl groups is 2. The fourth-order valence-electron chi connectivity index (χ4n) is 2.29. The summed E-state index contributed by atoms with van der Waals surface area (Å²) >= 11 is 5.93. The number of nitrogens with one attached hydrogen (secondary N) is 1. The summed E-state index contributed by atoms with van der Waals surface area (Å²) in [6.45, 7) is 0.500. The second-order valence-electron chi connectivity index (χ2n) is 4.95. The van der Waals surface area contributed by atoms with Crippen LogP contribution in [0, 0.1) is 0 Å². The van der Waals surface area contributed by atoms with Gasteiger partial charge in [-0.3, -0.25) is 0 Å². The van der Waals surface area contributed by atoms with Gasteiger partial charge in [-0.05, 0) is 29.7 Å². The van der Waals surface area contributed by atoms with Crippen molar-refractivity contribution in [1.29, 1.82) is 0 Å². The summed E-state index contributed by atoms with van der Waals surface area (Å²) in [5, 5.41) is 23.3. The molecule has 0 aliphatic rings. The minimum atomic E-state index is -0.631. The van der Waals surface area contributed by atoms with Gasteiger partial charge in [-0.2, -0.15) is 0 Å². The second kappa shape index (κ2) is 8.15. The first-order valence-electron chi connectivity index (χ1n) is 7.03. The van der Waals surface area contributed by atoms with Gasteiger partial charge in [0.05, 0.1) is 6.10 Å². The summed E-state index contributed by atoms with van der Waals surface area (Å²) in [5.74, 6) is 0. The van der Waals surface area contributed by atoms with Crippen molar-refractivity contribution in [3.05, 3.63) is 70.7 Å². The van der Waals surface area contributed by atoms with E-state index in [0.29, 0.717) is 18.0 Å². The summed E-state index contributed by atoms with van der Waals surface area (Å²) < 4.78 is 0. The lowest BCUT2D eigenvalue weighted by Crippen LogP contribution is -2.27. The highest BCUT2D eigenvalue weighted by molar-refractivity contribution is 6.30. The van der Waals surface area contributed by atoms with Crippen LogP contribution in [0.2, 0.25) is 5.02 Å². The largest absolute Gasteiger partial charge is 0.396 e. The first-order chi connectivity index (χ1) is 10.2. The van der Waals surface area contributed by atoms with Gasteiger partial charge in [0.25, 0.3) is 0 Å². The van der Waals surface area contributed by atoms with Crippen LogP contribution in [-0.4, -0.2) is 23.4 Å². The molecule has 21 heavy (non-hydrogen) atoms. The van der Waals surface area contributed by atoms with Crippen molar-refractivity contribution < 1.29 is 10.2 Å². The van der Waals surface area contributed by atoms with E-state index in [1.165, 1.54) is 0 Å². The van der Waals surface area contributed by atoms with Crippen LogP contribution in [0.25, 0.3) is 0 Å². The monoisotopic (exact) mass is 305 g/mol. The van der Waals surface area contributed by atoms with Crippen molar-refractivity contribution in [1.82, 2.24) is 5.32 Å². The van der Waals surface area contributed by atoms with Gasteiger partial charge >= 0.3 is 0 Å². The van der Waals surface area contributed by atoms with Crippen molar-refractivity contribution in [3.63, 3.8) is 0 Å². The molecule has 0 amide bonds. The Labute approximate surface area is 130 Å². The first kappa shape index (κ1) is 16.0. The van der Waals surface area contributed by atoms with E-state index in [4.69, 9.17) is 11.6 Å². The number of hydrogen-bond donors (Lipinski definition) is 3. The Balaban J connectivity index is 1.98. The van der Waals surface area contributed by atoms with Crippen molar-refractivity contribution in [3.8, 4) is 0 Å². The predicted molar refractivity (Wildman–Crippen MR) is 85.3 cm³/mol. The molecular weight excluding hydrogens is 286 g/mol. The average Bonchev–Trinajstić information content (AvgIpc) is 2.52. The van der Waals surface area contributed by atoms with Gasteiger partial charge in [-0.25, -0.2) is 0 Å². The van der Waals surface area contributed by atoms with E-state index in [9.17, 15) is 10.2 Å². The SMILES string of the molecule is OCCC(NCC(O)c1cccc(Cl)c1)c1ccccc1. The summed E-state index contributed by atoms with van der Waals surface area (Å²) in [6.07, 6.45) is -0.0275. The maximum atomic E-state index is 10.2. The van der Waals surface area contributed by atoms with Gasteiger partial charge < -0.3 is 15.5 Å². The van der Waals surface area contributed by atoms with E-state index in [2.05, 4.69) is 5.32 Å². The highest BCUT2D eigenvalue weighted by Gasteiger charge is 2.13. The molecule has 0 heterocycles. The summed E-state index contributed by atoms with van der Waals surface area (Å²) in [5.41, 5.74) is 1.88. The number of halogens is 1. The normalized spacial score (nSPS) is 13.9. The van der Waals surface area contributed by atoms with Gasteiger partial charge in [0, 0.05) is 24.2 Å². The van der Waals surface area contributed by atoms with E-state index >= 15 is 0 Å². The van der Waals surface area contributed by atoms with E-state index in [1.807, 2.05) is 42.5 Å². The van der Waals surface area contributed by atoms with E-state index < -0.39 is 6.10 Å². The Bertz CT molecular complexity index is 547. The summed E-state index contributed by atoms with van der Waals surface area (Å²) in [6, 6.07) is 17.2. The van der Waals surface area contributed by atoms with Crippen LogP contribution in [0.4, 0.5) is 0 Å². The minimum Gasteiger partial charge on any atom is -0.396 e. The molecule has 0 saturated carbocycles. The Kier molecular flexibility index (Phi) is 6.21. The summed E-state index contributed by atoms with van der Waals surface area (Å²) in [4.78, 5) is 0. The van der Waals surface area contributed by atoms with Gasteiger partial charge in [0.15, 0.2) is 0 Å². The molecule has 0 spiro atoms. The molecule has 2 rings (SSSR count). The zero-order valence-corrected chi connectivity index (χ0v) is 12.5. The molecule has 0 radical (unpaired) electrons. The molecule has 3 N–H and O–H groups in total. The molecule has 0 aliphatic heterocycles. The molecule has 2 aromatic rings. The molecule has 0 saturated heterocycles. The fraction of sp³-hybridized carbons (Fsp3) is 0.294. The second-order valence-corrected chi connectivity index (χ2v) is 5.39. The minimum absolute atomic E-state index is 0.0186. The van der Waals surface area contributed by atoms with E-state index in [1.54, 1.807) is 12.1 Å². The zero-order chi connectivity index (χ0) is 15.1. The van der Waals surface area contributed by atoms with Crippen LogP contribution in [0.1, 0.15) is 29.7 Å².